The van der Waals surface area contributed by atoms with Crippen LogP contribution < -0.4 is 9.47 Å². The first-order valence-corrected chi connectivity index (χ1v) is 7.34. The molecule has 106 valence electrons. The zero-order valence-electron chi connectivity index (χ0n) is 10.9. The van der Waals surface area contributed by atoms with Crippen LogP contribution in [-0.2, 0) is 10.2 Å². The van der Waals surface area contributed by atoms with Crippen molar-refractivity contribution < 1.29 is 19.4 Å². The molecule has 2 fully saturated rings. The molecule has 1 aliphatic heterocycles. The van der Waals surface area contributed by atoms with Crippen LogP contribution >= 0.6 is 11.6 Å². The fourth-order valence-electron chi connectivity index (χ4n) is 3.17. The Morgan fingerprint density at radius 1 is 1.20 bits per heavy atom. The first-order valence-electron chi connectivity index (χ1n) is 6.96. The molecule has 0 aromatic heterocycles. The summed E-state index contributed by atoms with van der Waals surface area (Å²) in [6, 6.07) is 3.67. The molecule has 1 spiro atoms. The van der Waals surface area contributed by atoms with E-state index >= 15 is 0 Å². The fraction of sp³-hybridized carbons (Fsp3) is 0.533. The summed E-state index contributed by atoms with van der Waals surface area (Å²) in [6.07, 6.45) is 4.76. The minimum absolute atomic E-state index is 0.123. The van der Waals surface area contributed by atoms with E-state index in [0.29, 0.717) is 16.5 Å². The molecule has 4 rings (SSSR count). The minimum atomic E-state index is -0.785. The Morgan fingerprint density at radius 2 is 1.85 bits per heavy atom. The van der Waals surface area contributed by atoms with Crippen LogP contribution in [0.4, 0.5) is 0 Å². The molecule has 1 N–H and O–H groups in total. The zero-order chi connectivity index (χ0) is 14.0. The van der Waals surface area contributed by atoms with E-state index in [9.17, 15) is 4.79 Å². The average Bonchev–Trinajstić information content (AvgIpc) is 2.98. The van der Waals surface area contributed by atoms with E-state index in [-0.39, 0.29) is 11.8 Å². The van der Waals surface area contributed by atoms with Gasteiger partial charge in [-0.25, -0.2) is 0 Å². The topological polar surface area (TPSA) is 55.8 Å². The summed E-state index contributed by atoms with van der Waals surface area (Å²) in [5.74, 6) is 0.130. The second-order valence-electron chi connectivity index (χ2n) is 6.10. The second-order valence-corrected chi connectivity index (χ2v) is 6.51. The van der Waals surface area contributed by atoms with Gasteiger partial charge in [-0.2, -0.15) is 0 Å². The predicted molar refractivity (Wildman–Crippen MR) is 72.5 cm³/mol. The van der Waals surface area contributed by atoms with Gasteiger partial charge >= 0.3 is 5.97 Å². The molecule has 2 aliphatic carbocycles. The van der Waals surface area contributed by atoms with E-state index in [2.05, 4.69) is 0 Å². The molecular formula is C15H15ClO4. The number of fused-ring (bicyclic) bond motifs is 1. The van der Waals surface area contributed by atoms with Crippen LogP contribution in [0.25, 0.3) is 0 Å². The molecule has 0 saturated heterocycles. The first-order chi connectivity index (χ1) is 9.52. The quantitative estimate of drug-likeness (QED) is 0.927. The Hall–Kier alpha value is -1.42. The number of carboxylic acids is 1. The highest BCUT2D eigenvalue weighted by molar-refractivity contribution is 6.31. The third-order valence-corrected chi connectivity index (χ3v) is 4.97. The van der Waals surface area contributed by atoms with Crippen LogP contribution in [-0.4, -0.2) is 16.9 Å². The maximum absolute atomic E-state index is 11.0. The molecule has 0 bridgehead atoms. The lowest BCUT2D eigenvalue weighted by molar-refractivity contribution is -0.139. The van der Waals surface area contributed by atoms with Crippen molar-refractivity contribution in [2.24, 2.45) is 0 Å². The van der Waals surface area contributed by atoms with E-state index in [1.165, 1.54) is 0 Å². The average molecular weight is 295 g/mol. The highest BCUT2D eigenvalue weighted by Crippen LogP contribution is 2.57. The van der Waals surface area contributed by atoms with Crippen molar-refractivity contribution in [2.45, 2.75) is 49.7 Å². The van der Waals surface area contributed by atoms with Gasteiger partial charge in [0.05, 0.1) is 6.42 Å². The SMILES string of the molecule is O=C(O)CC1(c2cc3c(cc2Cl)OC2(CCC2)O3)CC1. The molecule has 1 aromatic rings. The van der Waals surface area contributed by atoms with Crippen LogP contribution in [0, 0.1) is 0 Å². The maximum Gasteiger partial charge on any atom is 0.304 e. The maximum atomic E-state index is 11.0. The number of hydrogen-bond acceptors (Lipinski definition) is 3. The Labute approximate surface area is 121 Å². The molecule has 1 aromatic carbocycles. The van der Waals surface area contributed by atoms with Gasteiger partial charge in [-0.3, -0.25) is 4.79 Å². The summed E-state index contributed by atoms with van der Waals surface area (Å²) in [5.41, 5.74) is 0.580. The highest BCUT2D eigenvalue weighted by atomic mass is 35.5. The van der Waals surface area contributed by atoms with E-state index in [4.69, 9.17) is 26.2 Å². The normalized spacial score (nSPS) is 23.4. The summed E-state index contributed by atoms with van der Waals surface area (Å²) in [7, 11) is 0. The van der Waals surface area contributed by atoms with Crippen molar-refractivity contribution in [1.82, 2.24) is 0 Å². The van der Waals surface area contributed by atoms with Gasteiger partial charge in [0.1, 0.15) is 0 Å². The Balaban J connectivity index is 1.70. The molecule has 5 heteroatoms. The summed E-state index contributed by atoms with van der Waals surface area (Å²) < 4.78 is 11.8. The van der Waals surface area contributed by atoms with Crippen LogP contribution in [0.15, 0.2) is 12.1 Å². The predicted octanol–water partition coefficient (Wildman–Crippen LogP) is 3.50. The summed E-state index contributed by atoms with van der Waals surface area (Å²) in [4.78, 5) is 11.0. The van der Waals surface area contributed by atoms with E-state index in [0.717, 1.165) is 37.7 Å². The molecule has 0 atom stereocenters. The van der Waals surface area contributed by atoms with Crippen LogP contribution in [0.3, 0.4) is 0 Å². The van der Waals surface area contributed by atoms with Crippen molar-refractivity contribution in [3.05, 3.63) is 22.7 Å². The Kier molecular flexibility index (Phi) is 2.35. The zero-order valence-corrected chi connectivity index (χ0v) is 11.7. The van der Waals surface area contributed by atoms with Gasteiger partial charge in [-0.15, -0.1) is 0 Å². The second kappa shape index (κ2) is 3.82. The van der Waals surface area contributed by atoms with Gasteiger partial charge in [-0.05, 0) is 30.9 Å². The number of carbonyl (C=O) groups is 1. The number of halogens is 1. The monoisotopic (exact) mass is 294 g/mol. The number of carboxylic acid groups (broad SMARTS) is 1. The lowest BCUT2D eigenvalue weighted by Gasteiger charge is -2.35. The van der Waals surface area contributed by atoms with Gasteiger partial charge in [0.15, 0.2) is 11.5 Å². The third kappa shape index (κ3) is 1.71. The summed E-state index contributed by atoms with van der Waals surface area (Å²) in [5, 5.41) is 9.65. The van der Waals surface area contributed by atoms with Gasteiger partial charge in [0, 0.05) is 29.3 Å². The Morgan fingerprint density at radius 3 is 2.35 bits per heavy atom. The van der Waals surface area contributed by atoms with Gasteiger partial charge in [0.2, 0.25) is 0 Å². The van der Waals surface area contributed by atoms with Crippen molar-refractivity contribution in [2.75, 3.05) is 0 Å². The van der Waals surface area contributed by atoms with E-state index < -0.39 is 11.8 Å². The third-order valence-electron chi connectivity index (χ3n) is 4.66. The van der Waals surface area contributed by atoms with Gasteiger partial charge in [0.25, 0.3) is 5.79 Å². The molecule has 0 radical (unpaired) electrons. The lowest BCUT2D eigenvalue weighted by Crippen LogP contribution is -2.45. The summed E-state index contributed by atoms with van der Waals surface area (Å²) >= 11 is 6.34. The number of aliphatic carboxylic acids is 1. The molecule has 0 unspecified atom stereocenters. The van der Waals surface area contributed by atoms with Gasteiger partial charge < -0.3 is 14.6 Å². The molecule has 0 amide bonds. The van der Waals surface area contributed by atoms with Crippen LogP contribution in [0.2, 0.25) is 5.02 Å². The molecule has 2 saturated carbocycles. The molecule has 4 nitrogen and oxygen atoms in total. The number of ether oxygens (including phenoxy) is 2. The standard InChI is InChI=1S/C15H15ClO4/c16-10-7-12-11(19-15(20-12)2-1-3-15)6-9(10)14(4-5-14)8-13(17)18/h6-7H,1-5,8H2,(H,17,18). The van der Waals surface area contributed by atoms with Crippen molar-refractivity contribution >= 4 is 17.6 Å². The lowest BCUT2D eigenvalue weighted by atomic mass is 9.91. The molecule has 3 aliphatic rings. The number of benzene rings is 1. The minimum Gasteiger partial charge on any atom is -0.481 e. The van der Waals surface area contributed by atoms with E-state index in [1.807, 2.05) is 6.07 Å². The number of rotatable bonds is 3. The largest absolute Gasteiger partial charge is 0.481 e. The first kappa shape index (κ1) is 12.3. The fourth-order valence-corrected chi connectivity index (χ4v) is 3.53. The molecule has 20 heavy (non-hydrogen) atoms. The van der Waals surface area contributed by atoms with Crippen molar-refractivity contribution in [3.8, 4) is 11.5 Å². The smallest absolute Gasteiger partial charge is 0.304 e. The van der Waals surface area contributed by atoms with Crippen molar-refractivity contribution in [3.63, 3.8) is 0 Å². The highest BCUT2D eigenvalue weighted by Gasteiger charge is 2.50. The van der Waals surface area contributed by atoms with Crippen LogP contribution in [0.5, 0.6) is 11.5 Å². The van der Waals surface area contributed by atoms with Crippen LogP contribution in [0.1, 0.15) is 44.1 Å². The van der Waals surface area contributed by atoms with Gasteiger partial charge in [-0.1, -0.05) is 11.6 Å². The number of hydrogen-bond donors (Lipinski definition) is 1. The Bertz CT molecular complexity index is 602. The van der Waals surface area contributed by atoms with E-state index in [1.54, 1.807) is 6.07 Å². The molecule has 1 heterocycles. The molecular weight excluding hydrogens is 280 g/mol. The summed E-state index contributed by atoms with van der Waals surface area (Å²) in [6.45, 7) is 0. The van der Waals surface area contributed by atoms with Crippen molar-refractivity contribution in [1.29, 1.82) is 0 Å².